The summed E-state index contributed by atoms with van der Waals surface area (Å²) in [6, 6.07) is 5.02. The first-order valence-electron chi connectivity index (χ1n) is 5.56. The Morgan fingerprint density at radius 2 is 2.00 bits per heavy atom. The van der Waals surface area contributed by atoms with Gasteiger partial charge in [0, 0.05) is 25.0 Å². The Bertz CT molecular complexity index is 580. The number of pyridine rings is 1. The maximum Gasteiger partial charge on any atom is 0.314 e. The van der Waals surface area contributed by atoms with Gasteiger partial charge in [0.1, 0.15) is 5.76 Å². The molecule has 2 aromatic rings. The number of anilines is 1. The van der Waals surface area contributed by atoms with Crippen LogP contribution in [0.5, 0.6) is 0 Å². The highest BCUT2D eigenvalue weighted by Gasteiger charge is 2.14. The van der Waals surface area contributed by atoms with Crippen molar-refractivity contribution in [3.63, 3.8) is 0 Å². The second kappa shape index (κ2) is 5.76. The Hall–Kier alpha value is -2.70. The molecule has 2 rings (SSSR count). The molecule has 0 aromatic carbocycles. The Morgan fingerprint density at radius 3 is 2.63 bits per heavy atom. The molecule has 0 unspecified atom stereocenters. The van der Waals surface area contributed by atoms with Gasteiger partial charge >= 0.3 is 11.8 Å². The molecule has 2 amide bonds. The molecular weight excluding hydrogens is 248 g/mol. The summed E-state index contributed by atoms with van der Waals surface area (Å²) >= 11 is 0. The number of carbonyl (C=O) groups is 2. The number of hydrogen-bond donors (Lipinski definition) is 2. The summed E-state index contributed by atoms with van der Waals surface area (Å²) in [7, 11) is 0. The lowest BCUT2D eigenvalue weighted by atomic mass is 10.3. The molecule has 0 bridgehead atoms. The van der Waals surface area contributed by atoms with Gasteiger partial charge in [-0.2, -0.15) is 0 Å². The van der Waals surface area contributed by atoms with E-state index in [1.165, 1.54) is 6.07 Å². The molecule has 0 saturated carbocycles. The fourth-order valence-corrected chi connectivity index (χ4v) is 1.36. The van der Waals surface area contributed by atoms with E-state index in [0.717, 1.165) is 5.56 Å². The van der Waals surface area contributed by atoms with E-state index in [2.05, 4.69) is 20.8 Å². The van der Waals surface area contributed by atoms with Crippen LogP contribution in [0.2, 0.25) is 0 Å². The van der Waals surface area contributed by atoms with Crippen LogP contribution in [-0.4, -0.2) is 22.0 Å². The highest BCUT2D eigenvalue weighted by molar-refractivity contribution is 6.39. The molecule has 0 atom stereocenters. The normalized spacial score (nSPS) is 9.95. The van der Waals surface area contributed by atoms with Crippen LogP contribution in [0.4, 0.5) is 5.82 Å². The van der Waals surface area contributed by atoms with Gasteiger partial charge in [-0.15, -0.1) is 0 Å². The van der Waals surface area contributed by atoms with Gasteiger partial charge in [-0.1, -0.05) is 5.16 Å². The molecule has 19 heavy (non-hydrogen) atoms. The van der Waals surface area contributed by atoms with Gasteiger partial charge in [0.2, 0.25) is 0 Å². The lowest BCUT2D eigenvalue weighted by Crippen LogP contribution is -2.35. The second-order valence-corrected chi connectivity index (χ2v) is 3.82. The van der Waals surface area contributed by atoms with Crippen LogP contribution in [0.15, 0.2) is 35.1 Å². The predicted molar refractivity (Wildman–Crippen MR) is 66.0 cm³/mol. The highest BCUT2D eigenvalue weighted by Crippen LogP contribution is 2.06. The summed E-state index contributed by atoms with van der Waals surface area (Å²) in [5.41, 5.74) is 0.855. The largest absolute Gasteiger partial charge is 0.360 e. The Morgan fingerprint density at radius 1 is 1.26 bits per heavy atom. The third-order valence-electron chi connectivity index (χ3n) is 2.28. The maximum absolute atomic E-state index is 11.5. The number of hydrogen-bond acceptors (Lipinski definition) is 5. The second-order valence-electron chi connectivity index (χ2n) is 3.82. The first-order chi connectivity index (χ1) is 9.15. The molecule has 7 heteroatoms. The van der Waals surface area contributed by atoms with Crippen molar-refractivity contribution in [1.82, 2.24) is 15.5 Å². The van der Waals surface area contributed by atoms with Crippen LogP contribution in [0, 0.1) is 6.92 Å². The molecule has 2 aromatic heterocycles. The number of nitrogens with one attached hydrogen (secondary N) is 2. The standard InChI is InChI=1S/C12H12N4O3/c1-8-6-10(16-19-8)15-12(18)11(17)14-7-9-2-4-13-5-3-9/h2-6H,7H2,1H3,(H,14,17)(H,15,16,18). The van der Waals surface area contributed by atoms with Gasteiger partial charge in [-0.3, -0.25) is 19.9 Å². The van der Waals surface area contributed by atoms with E-state index in [4.69, 9.17) is 4.52 Å². The van der Waals surface area contributed by atoms with Crippen molar-refractivity contribution in [3.8, 4) is 0 Å². The van der Waals surface area contributed by atoms with Crippen molar-refractivity contribution in [3.05, 3.63) is 41.9 Å². The number of rotatable bonds is 3. The van der Waals surface area contributed by atoms with E-state index in [1.54, 1.807) is 31.5 Å². The monoisotopic (exact) mass is 260 g/mol. The average molecular weight is 260 g/mol. The minimum atomic E-state index is -0.789. The fraction of sp³-hybridized carbons (Fsp3) is 0.167. The zero-order valence-corrected chi connectivity index (χ0v) is 10.2. The summed E-state index contributed by atoms with van der Waals surface area (Å²) in [6.45, 7) is 1.94. The number of aromatic nitrogens is 2. The van der Waals surface area contributed by atoms with Crippen molar-refractivity contribution < 1.29 is 14.1 Å². The van der Waals surface area contributed by atoms with Crippen molar-refractivity contribution in [2.45, 2.75) is 13.5 Å². The first kappa shape index (κ1) is 12.7. The average Bonchev–Trinajstić information content (AvgIpc) is 2.82. The van der Waals surface area contributed by atoms with Gasteiger partial charge in [0.05, 0.1) is 0 Å². The van der Waals surface area contributed by atoms with Crippen LogP contribution < -0.4 is 10.6 Å². The third kappa shape index (κ3) is 3.63. The van der Waals surface area contributed by atoms with Crippen LogP contribution >= 0.6 is 0 Å². The molecule has 2 N–H and O–H groups in total. The highest BCUT2D eigenvalue weighted by atomic mass is 16.5. The van der Waals surface area contributed by atoms with Gasteiger partial charge in [-0.25, -0.2) is 0 Å². The van der Waals surface area contributed by atoms with Crippen molar-refractivity contribution in [1.29, 1.82) is 0 Å². The van der Waals surface area contributed by atoms with Crippen LogP contribution in [0.25, 0.3) is 0 Å². The van der Waals surface area contributed by atoms with E-state index < -0.39 is 11.8 Å². The zero-order chi connectivity index (χ0) is 13.7. The van der Waals surface area contributed by atoms with Crippen molar-refractivity contribution in [2.24, 2.45) is 0 Å². The summed E-state index contributed by atoms with van der Waals surface area (Å²) in [5.74, 6) is -0.770. The number of nitrogens with zero attached hydrogens (tertiary/aromatic N) is 2. The van der Waals surface area contributed by atoms with E-state index in [9.17, 15) is 9.59 Å². The third-order valence-corrected chi connectivity index (χ3v) is 2.28. The zero-order valence-electron chi connectivity index (χ0n) is 10.2. The summed E-state index contributed by atoms with van der Waals surface area (Å²) in [4.78, 5) is 26.9. The Balaban J connectivity index is 1.84. The Kier molecular flexibility index (Phi) is 3.87. The smallest absolute Gasteiger partial charge is 0.314 e. The Labute approximate surface area is 109 Å². The topological polar surface area (TPSA) is 97.1 Å². The molecule has 0 aliphatic carbocycles. The van der Waals surface area contributed by atoms with Crippen LogP contribution in [0.3, 0.4) is 0 Å². The molecule has 7 nitrogen and oxygen atoms in total. The number of carbonyl (C=O) groups excluding carboxylic acids is 2. The lowest BCUT2D eigenvalue weighted by Gasteiger charge is -2.04. The van der Waals surface area contributed by atoms with Crippen LogP contribution in [0.1, 0.15) is 11.3 Å². The lowest BCUT2D eigenvalue weighted by molar-refractivity contribution is -0.136. The van der Waals surface area contributed by atoms with Gasteiger partial charge in [0.25, 0.3) is 0 Å². The summed E-state index contributed by atoms with van der Waals surface area (Å²) in [6.07, 6.45) is 3.22. The minimum absolute atomic E-state index is 0.210. The van der Waals surface area contributed by atoms with Crippen molar-refractivity contribution in [2.75, 3.05) is 5.32 Å². The fourth-order valence-electron chi connectivity index (χ4n) is 1.36. The number of amides is 2. The molecule has 0 radical (unpaired) electrons. The van der Waals surface area contributed by atoms with Gasteiger partial charge in [-0.05, 0) is 24.6 Å². The van der Waals surface area contributed by atoms with Crippen molar-refractivity contribution >= 4 is 17.6 Å². The number of aryl methyl sites for hydroxylation is 1. The maximum atomic E-state index is 11.5. The molecular formula is C12H12N4O3. The van der Waals surface area contributed by atoms with E-state index in [-0.39, 0.29) is 12.4 Å². The molecule has 0 spiro atoms. The molecule has 98 valence electrons. The quantitative estimate of drug-likeness (QED) is 0.789. The first-order valence-corrected chi connectivity index (χ1v) is 5.56. The molecule has 2 heterocycles. The van der Waals surface area contributed by atoms with Gasteiger partial charge in [0.15, 0.2) is 5.82 Å². The molecule has 0 fully saturated rings. The predicted octanol–water partition coefficient (Wildman–Crippen LogP) is 0.633. The summed E-state index contributed by atoms with van der Waals surface area (Å²) < 4.78 is 4.77. The van der Waals surface area contributed by atoms with Gasteiger partial charge < -0.3 is 9.84 Å². The van der Waals surface area contributed by atoms with Crippen LogP contribution in [-0.2, 0) is 16.1 Å². The summed E-state index contributed by atoms with van der Waals surface area (Å²) in [5, 5.41) is 8.38. The van der Waals surface area contributed by atoms with E-state index in [0.29, 0.717) is 5.76 Å². The molecule has 0 aliphatic heterocycles. The SMILES string of the molecule is Cc1cc(NC(=O)C(=O)NCc2ccncc2)no1. The van der Waals surface area contributed by atoms with E-state index >= 15 is 0 Å². The minimum Gasteiger partial charge on any atom is -0.360 e. The van der Waals surface area contributed by atoms with E-state index in [1.807, 2.05) is 0 Å². The molecule has 0 aliphatic rings. The molecule has 0 saturated heterocycles.